The lowest BCUT2D eigenvalue weighted by molar-refractivity contribution is 0.194. The molecule has 0 unspecified atom stereocenters. The summed E-state index contributed by atoms with van der Waals surface area (Å²) in [6, 6.07) is 9.79. The monoisotopic (exact) mass is 341 g/mol. The second kappa shape index (κ2) is 7.79. The molecule has 6 nitrogen and oxygen atoms in total. The van der Waals surface area contributed by atoms with Gasteiger partial charge in [0.1, 0.15) is 11.9 Å². The summed E-state index contributed by atoms with van der Waals surface area (Å²) < 4.78 is 0. The molecule has 3 rings (SSSR count). The Kier molecular flexibility index (Phi) is 5.29. The molecule has 1 fully saturated rings. The van der Waals surface area contributed by atoms with Crippen LogP contribution in [0, 0.1) is 11.3 Å². The molecule has 0 atom stereocenters. The van der Waals surface area contributed by atoms with Crippen LogP contribution in [0.4, 0.5) is 10.6 Å². The topological polar surface area (TPSA) is 72.3 Å². The van der Waals surface area contributed by atoms with Crippen LogP contribution < -0.4 is 10.2 Å². The smallest absolute Gasteiger partial charge is 0.317 e. The van der Waals surface area contributed by atoms with Crippen molar-refractivity contribution >= 4 is 23.2 Å². The van der Waals surface area contributed by atoms with E-state index in [1.54, 1.807) is 29.7 Å². The van der Waals surface area contributed by atoms with Crippen LogP contribution in [0.15, 0.2) is 35.8 Å². The maximum atomic E-state index is 12.2. The maximum Gasteiger partial charge on any atom is 0.317 e. The summed E-state index contributed by atoms with van der Waals surface area (Å²) in [5.74, 6) is 0.706. The number of nitriles is 1. The number of nitrogens with one attached hydrogen (secondary N) is 1. The summed E-state index contributed by atoms with van der Waals surface area (Å²) in [7, 11) is 0. The number of thiophene rings is 1. The van der Waals surface area contributed by atoms with Gasteiger partial charge in [0.25, 0.3) is 0 Å². The predicted molar refractivity (Wildman–Crippen MR) is 94.2 cm³/mol. The van der Waals surface area contributed by atoms with Gasteiger partial charge in [-0.05, 0) is 30.0 Å². The Morgan fingerprint density at radius 3 is 2.83 bits per heavy atom. The van der Waals surface area contributed by atoms with Crippen LogP contribution in [-0.2, 0) is 6.42 Å². The highest BCUT2D eigenvalue weighted by Crippen LogP contribution is 2.18. The van der Waals surface area contributed by atoms with Gasteiger partial charge in [0.15, 0.2) is 0 Å². The quantitative estimate of drug-likeness (QED) is 0.924. The third-order valence-electron chi connectivity index (χ3n) is 4.00. The molecule has 0 aliphatic carbocycles. The van der Waals surface area contributed by atoms with Gasteiger partial charge in [-0.2, -0.15) is 5.26 Å². The van der Waals surface area contributed by atoms with Crippen molar-refractivity contribution in [2.75, 3.05) is 37.6 Å². The van der Waals surface area contributed by atoms with Crippen molar-refractivity contribution in [1.82, 2.24) is 15.2 Å². The van der Waals surface area contributed by atoms with E-state index in [1.165, 1.54) is 4.88 Å². The Hall–Kier alpha value is -2.59. The first-order valence-electron chi connectivity index (χ1n) is 7.93. The molecule has 0 saturated carbocycles. The average Bonchev–Trinajstić information content (AvgIpc) is 3.15. The van der Waals surface area contributed by atoms with Crippen molar-refractivity contribution in [3.63, 3.8) is 0 Å². The van der Waals surface area contributed by atoms with Crippen LogP contribution in [0.1, 0.15) is 10.4 Å². The maximum absolute atomic E-state index is 12.2. The van der Waals surface area contributed by atoms with Gasteiger partial charge in [-0.1, -0.05) is 6.07 Å². The number of urea groups is 1. The van der Waals surface area contributed by atoms with Crippen molar-refractivity contribution in [2.45, 2.75) is 6.42 Å². The van der Waals surface area contributed by atoms with Crippen LogP contribution in [-0.4, -0.2) is 48.6 Å². The number of carbonyl (C=O) groups is 1. The number of amides is 2. The lowest BCUT2D eigenvalue weighted by Crippen LogP contribution is -2.52. The molecule has 124 valence electrons. The second-order valence-corrected chi connectivity index (χ2v) is 6.55. The fourth-order valence-corrected chi connectivity index (χ4v) is 3.43. The Balaban J connectivity index is 1.48. The van der Waals surface area contributed by atoms with Gasteiger partial charge in [-0.3, -0.25) is 0 Å². The van der Waals surface area contributed by atoms with E-state index >= 15 is 0 Å². The first-order valence-corrected chi connectivity index (χ1v) is 8.81. The summed E-state index contributed by atoms with van der Waals surface area (Å²) in [5.41, 5.74) is 0.575. The number of anilines is 1. The van der Waals surface area contributed by atoms with E-state index in [2.05, 4.69) is 27.3 Å². The number of carbonyl (C=O) groups excluding carboxylic acids is 1. The summed E-state index contributed by atoms with van der Waals surface area (Å²) in [6.07, 6.45) is 2.56. The fraction of sp³-hybridized carbons (Fsp3) is 0.353. The van der Waals surface area contributed by atoms with Crippen LogP contribution in [0.2, 0.25) is 0 Å². The van der Waals surface area contributed by atoms with Gasteiger partial charge in [0.2, 0.25) is 0 Å². The van der Waals surface area contributed by atoms with E-state index in [0.717, 1.165) is 6.42 Å². The minimum absolute atomic E-state index is 0.0206. The van der Waals surface area contributed by atoms with Crippen molar-refractivity contribution < 1.29 is 4.79 Å². The third-order valence-corrected chi connectivity index (χ3v) is 4.94. The van der Waals surface area contributed by atoms with Crippen molar-refractivity contribution in [3.8, 4) is 6.07 Å². The zero-order valence-electron chi connectivity index (χ0n) is 13.3. The number of rotatable bonds is 4. The first kappa shape index (κ1) is 16.3. The van der Waals surface area contributed by atoms with Crippen molar-refractivity contribution in [1.29, 1.82) is 5.26 Å². The molecule has 2 amide bonds. The molecule has 0 radical (unpaired) electrons. The lowest BCUT2D eigenvalue weighted by Gasteiger charge is -2.35. The molecule has 3 heterocycles. The Morgan fingerprint density at radius 1 is 1.29 bits per heavy atom. The Morgan fingerprint density at radius 2 is 2.12 bits per heavy atom. The molecule has 7 heteroatoms. The lowest BCUT2D eigenvalue weighted by atomic mass is 10.2. The van der Waals surface area contributed by atoms with Gasteiger partial charge in [0, 0.05) is 43.8 Å². The second-order valence-electron chi connectivity index (χ2n) is 5.52. The van der Waals surface area contributed by atoms with E-state index in [-0.39, 0.29) is 6.03 Å². The number of piperazine rings is 1. The molecular formula is C17H19N5OS. The number of hydrogen-bond acceptors (Lipinski definition) is 5. The SMILES string of the molecule is N#Cc1cccnc1N1CCN(C(=O)NCCc2cccs2)CC1. The molecule has 24 heavy (non-hydrogen) atoms. The number of nitrogens with zero attached hydrogens (tertiary/aromatic N) is 4. The standard InChI is InChI=1S/C17H19N5OS/c18-13-14-3-1-6-19-16(14)21-8-10-22(11-9-21)17(23)20-7-5-15-4-2-12-24-15/h1-4,6,12H,5,7-11H2,(H,20,23). The third kappa shape index (κ3) is 3.84. The van der Waals surface area contributed by atoms with E-state index in [1.807, 2.05) is 16.3 Å². The van der Waals surface area contributed by atoms with Gasteiger partial charge in [-0.25, -0.2) is 9.78 Å². The van der Waals surface area contributed by atoms with Crippen molar-refractivity contribution in [2.24, 2.45) is 0 Å². The van der Waals surface area contributed by atoms with Crippen LogP contribution >= 0.6 is 11.3 Å². The zero-order chi connectivity index (χ0) is 16.8. The summed E-state index contributed by atoms with van der Waals surface area (Å²) in [5, 5.41) is 14.2. The molecule has 1 aliphatic rings. The van der Waals surface area contributed by atoms with E-state index < -0.39 is 0 Å². The molecule has 0 aromatic carbocycles. The Labute approximate surface area is 145 Å². The average molecular weight is 341 g/mol. The van der Waals surface area contributed by atoms with Gasteiger partial charge in [0.05, 0.1) is 5.56 Å². The number of hydrogen-bond donors (Lipinski definition) is 1. The molecular weight excluding hydrogens is 322 g/mol. The predicted octanol–water partition coefficient (Wildman–Crippen LogP) is 2.09. The van der Waals surface area contributed by atoms with Gasteiger partial charge in [-0.15, -0.1) is 11.3 Å². The highest BCUT2D eigenvalue weighted by molar-refractivity contribution is 7.09. The molecule has 0 bridgehead atoms. The van der Waals surface area contributed by atoms with Crippen LogP contribution in [0.5, 0.6) is 0 Å². The van der Waals surface area contributed by atoms with Gasteiger partial charge >= 0.3 is 6.03 Å². The minimum Gasteiger partial charge on any atom is -0.352 e. The molecule has 1 saturated heterocycles. The molecule has 2 aromatic heterocycles. The summed E-state index contributed by atoms with van der Waals surface area (Å²) >= 11 is 1.71. The number of aromatic nitrogens is 1. The molecule has 2 aromatic rings. The van der Waals surface area contributed by atoms with Crippen LogP contribution in [0.25, 0.3) is 0 Å². The molecule has 1 aliphatic heterocycles. The highest BCUT2D eigenvalue weighted by atomic mass is 32.1. The van der Waals surface area contributed by atoms with Gasteiger partial charge < -0.3 is 15.1 Å². The fourth-order valence-electron chi connectivity index (χ4n) is 2.72. The Bertz CT molecular complexity index is 717. The van der Waals surface area contributed by atoms with E-state index in [9.17, 15) is 10.1 Å². The normalized spacial score (nSPS) is 14.3. The zero-order valence-corrected chi connectivity index (χ0v) is 14.1. The first-order chi connectivity index (χ1) is 11.8. The largest absolute Gasteiger partial charge is 0.352 e. The molecule has 0 spiro atoms. The highest BCUT2D eigenvalue weighted by Gasteiger charge is 2.23. The molecule has 1 N–H and O–H groups in total. The van der Waals surface area contributed by atoms with Crippen LogP contribution in [0.3, 0.4) is 0 Å². The number of pyridine rings is 1. The van der Waals surface area contributed by atoms with E-state index in [4.69, 9.17) is 0 Å². The minimum atomic E-state index is -0.0206. The van der Waals surface area contributed by atoms with Crippen molar-refractivity contribution in [3.05, 3.63) is 46.3 Å². The van der Waals surface area contributed by atoms with E-state index in [0.29, 0.717) is 44.1 Å². The summed E-state index contributed by atoms with van der Waals surface area (Å²) in [6.45, 7) is 3.28. The summed E-state index contributed by atoms with van der Waals surface area (Å²) in [4.78, 5) is 21.7.